The summed E-state index contributed by atoms with van der Waals surface area (Å²) in [5.74, 6) is 0.611. The quantitative estimate of drug-likeness (QED) is 0.188. The van der Waals surface area contributed by atoms with Crippen molar-refractivity contribution in [3.8, 4) is 11.3 Å². The Kier molecular flexibility index (Phi) is 8.54. The molecular formula is C32H31ClF3N5O2S. The van der Waals surface area contributed by atoms with Crippen LogP contribution in [0.25, 0.3) is 11.3 Å². The van der Waals surface area contributed by atoms with E-state index < -0.39 is 31.7 Å². The Morgan fingerprint density at radius 2 is 1.75 bits per heavy atom. The SMILES string of the molecule is O=S(=O)(Nc1ccc(C2Cc3cnc(NCCCN4CCCC4)nc3-c3ccccc32)cc1)c1ccc(C(F)(F)F)cc1Cl. The number of rotatable bonds is 9. The fourth-order valence-electron chi connectivity index (χ4n) is 5.92. The van der Waals surface area contributed by atoms with E-state index in [0.29, 0.717) is 24.5 Å². The van der Waals surface area contributed by atoms with Crippen LogP contribution in [0.2, 0.25) is 5.02 Å². The first-order valence-electron chi connectivity index (χ1n) is 14.5. The second-order valence-electron chi connectivity index (χ2n) is 11.1. The van der Waals surface area contributed by atoms with Crippen molar-refractivity contribution in [2.75, 3.05) is 36.2 Å². The van der Waals surface area contributed by atoms with Gasteiger partial charge in [0, 0.05) is 29.9 Å². The molecule has 0 amide bonds. The molecule has 44 heavy (non-hydrogen) atoms. The molecule has 12 heteroatoms. The molecule has 0 saturated carbocycles. The molecule has 1 aliphatic heterocycles. The van der Waals surface area contributed by atoms with Crippen molar-refractivity contribution in [1.82, 2.24) is 14.9 Å². The van der Waals surface area contributed by atoms with E-state index >= 15 is 0 Å². The molecule has 230 valence electrons. The predicted molar refractivity (Wildman–Crippen MR) is 166 cm³/mol. The van der Waals surface area contributed by atoms with E-state index in [0.717, 1.165) is 53.5 Å². The summed E-state index contributed by atoms with van der Waals surface area (Å²) in [6, 6.07) is 17.2. The summed E-state index contributed by atoms with van der Waals surface area (Å²) in [4.78, 5) is 11.5. The van der Waals surface area contributed by atoms with Crippen LogP contribution in [-0.2, 0) is 22.6 Å². The van der Waals surface area contributed by atoms with Gasteiger partial charge in [0.2, 0.25) is 5.95 Å². The average Bonchev–Trinajstić information content (AvgIpc) is 3.52. The number of likely N-dealkylation sites (tertiary alicyclic amines) is 1. The van der Waals surface area contributed by atoms with Crippen LogP contribution < -0.4 is 10.0 Å². The second kappa shape index (κ2) is 12.4. The van der Waals surface area contributed by atoms with Crippen LogP contribution in [-0.4, -0.2) is 49.5 Å². The molecule has 1 atom stereocenters. The number of sulfonamides is 1. The topological polar surface area (TPSA) is 87.2 Å². The van der Waals surface area contributed by atoms with E-state index in [2.05, 4.69) is 32.1 Å². The first kappa shape index (κ1) is 30.4. The molecule has 4 aromatic rings. The molecule has 1 aromatic heterocycles. The Bertz CT molecular complexity index is 1760. The molecule has 1 saturated heterocycles. The van der Waals surface area contributed by atoms with Gasteiger partial charge in [0.1, 0.15) is 4.90 Å². The third kappa shape index (κ3) is 6.55. The summed E-state index contributed by atoms with van der Waals surface area (Å²) in [5, 5.41) is 2.87. The smallest absolute Gasteiger partial charge is 0.354 e. The predicted octanol–water partition coefficient (Wildman–Crippen LogP) is 7.20. The zero-order valence-corrected chi connectivity index (χ0v) is 25.3. The van der Waals surface area contributed by atoms with Gasteiger partial charge < -0.3 is 10.2 Å². The molecule has 0 radical (unpaired) electrons. The number of alkyl halides is 3. The molecule has 6 rings (SSSR count). The summed E-state index contributed by atoms with van der Waals surface area (Å²) in [5.41, 5.74) is 4.29. The molecule has 7 nitrogen and oxygen atoms in total. The standard InChI is InChI=1S/C32H31ClF3N5O2S/c33-28-19-23(32(34,35)36)10-13-29(28)44(42,43)40-24-11-8-21(9-12-24)27-18-22-20-38-31(37-14-5-17-41-15-3-4-16-41)39-30(22)26-7-2-1-6-25(26)27/h1-2,6-13,19-20,27,40H,3-5,14-18H2,(H,37,38,39). The number of hydrogen-bond acceptors (Lipinski definition) is 6. The van der Waals surface area contributed by atoms with Gasteiger partial charge in [0.25, 0.3) is 10.0 Å². The Morgan fingerprint density at radius 1 is 1.00 bits per heavy atom. The maximum Gasteiger partial charge on any atom is 0.416 e. The van der Waals surface area contributed by atoms with Crippen molar-refractivity contribution in [2.45, 2.75) is 42.7 Å². The van der Waals surface area contributed by atoms with Crippen LogP contribution in [0.1, 0.15) is 47.4 Å². The van der Waals surface area contributed by atoms with Crippen molar-refractivity contribution in [2.24, 2.45) is 0 Å². The number of hydrogen-bond donors (Lipinski definition) is 2. The Balaban J connectivity index is 1.17. The average molecular weight is 642 g/mol. The van der Waals surface area contributed by atoms with Crippen molar-refractivity contribution in [1.29, 1.82) is 0 Å². The van der Waals surface area contributed by atoms with Gasteiger partial charge in [-0.1, -0.05) is 48.0 Å². The highest BCUT2D eigenvalue weighted by molar-refractivity contribution is 7.92. The summed E-state index contributed by atoms with van der Waals surface area (Å²) in [7, 11) is -4.22. The highest BCUT2D eigenvalue weighted by Gasteiger charge is 2.32. The number of halogens is 4. The second-order valence-corrected chi connectivity index (χ2v) is 13.2. The Morgan fingerprint density at radius 3 is 2.48 bits per heavy atom. The summed E-state index contributed by atoms with van der Waals surface area (Å²) >= 11 is 5.93. The molecule has 2 heterocycles. The van der Waals surface area contributed by atoms with Crippen molar-refractivity contribution < 1.29 is 21.6 Å². The molecule has 2 N–H and O–H groups in total. The number of nitrogens with one attached hydrogen (secondary N) is 2. The van der Waals surface area contributed by atoms with Gasteiger partial charge in [0.15, 0.2) is 0 Å². The van der Waals surface area contributed by atoms with E-state index in [9.17, 15) is 21.6 Å². The van der Waals surface area contributed by atoms with Gasteiger partial charge in [-0.15, -0.1) is 0 Å². The molecule has 1 unspecified atom stereocenters. The van der Waals surface area contributed by atoms with Crippen molar-refractivity contribution in [3.05, 3.63) is 100 Å². The van der Waals surface area contributed by atoms with Gasteiger partial charge in [-0.3, -0.25) is 4.72 Å². The third-order valence-electron chi connectivity index (χ3n) is 8.13. The molecule has 3 aromatic carbocycles. The maximum atomic E-state index is 13.0. The molecule has 1 aliphatic carbocycles. The van der Waals surface area contributed by atoms with Gasteiger partial charge in [-0.25, -0.2) is 18.4 Å². The molecule has 2 aliphatic rings. The minimum atomic E-state index is -4.63. The third-order valence-corrected chi connectivity index (χ3v) is 9.99. The van der Waals surface area contributed by atoms with E-state index in [4.69, 9.17) is 16.6 Å². The lowest BCUT2D eigenvalue weighted by Gasteiger charge is -2.27. The van der Waals surface area contributed by atoms with E-state index in [-0.39, 0.29) is 11.6 Å². The summed E-state index contributed by atoms with van der Waals surface area (Å²) in [6.45, 7) is 4.25. The highest BCUT2D eigenvalue weighted by atomic mass is 35.5. The van der Waals surface area contributed by atoms with E-state index in [1.54, 1.807) is 12.1 Å². The number of aromatic nitrogens is 2. The minimum Gasteiger partial charge on any atom is -0.354 e. The molecule has 1 fully saturated rings. The normalized spacial score (nSPS) is 16.8. The van der Waals surface area contributed by atoms with E-state index in [1.165, 1.54) is 25.9 Å². The fraction of sp³-hybridized carbons (Fsp3) is 0.312. The Hall–Kier alpha value is -3.67. The van der Waals surface area contributed by atoms with Crippen molar-refractivity contribution in [3.63, 3.8) is 0 Å². The summed E-state index contributed by atoms with van der Waals surface area (Å²) in [6.07, 6.45) is 1.52. The number of nitrogens with zero attached hydrogens (tertiary/aromatic N) is 3. The largest absolute Gasteiger partial charge is 0.416 e. The molecule has 0 spiro atoms. The molecule has 0 bridgehead atoms. The fourth-order valence-corrected chi connectivity index (χ4v) is 7.52. The first-order chi connectivity index (χ1) is 21.1. The highest BCUT2D eigenvalue weighted by Crippen LogP contribution is 2.42. The van der Waals surface area contributed by atoms with Crippen LogP contribution in [0.15, 0.2) is 77.8 Å². The van der Waals surface area contributed by atoms with Crippen LogP contribution >= 0.6 is 11.6 Å². The van der Waals surface area contributed by atoms with E-state index in [1.807, 2.05) is 30.5 Å². The Labute approximate surface area is 259 Å². The number of anilines is 2. The lowest BCUT2D eigenvalue weighted by atomic mass is 9.78. The molecular weight excluding hydrogens is 611 g/mol. The number of benzene rings is 3. The van der Waals surface area contributed by atoms with Crippen LogP contribution in [0.3, 0.4) is 0 Å². The maximum absolute atomic E-state index is 13.0. The lowest BCUT2D eigenvalue weighted by molar-refractivity contribution is -0.137. The van der Waals surface area contributed by atoms with Gasteiger partial charge in [-0.05, 0) is 92.3 Å². The zero-order valence-electron chi connectivity index (χ0n) is 23.7. The van der Waals surface area contributed by atoms with Crippen molar-refractivity contribution >= 4 is 33.3 Å². The monoisotopic (exact) mass is 641 g/mol. The van der Waals surface area contributed by atoms with Gasteiger partial charge >= 0.3 is 6.18 Å². The van der Waals surface area contributed by atoms with Crippen LogP contribution in [0, 0.1) is 0 Å². The number of fused-ring (bicyclic) bond motifs is 3. The minimum absolute atomic E-state index is 0.00316. The lowest BCUT2D eigenvalue weighted by Crippen LogP contribution is -2.22. The van der Waals surface area contributed by atoms with Gasteiger partial charge in [-0.2, -0.15) is 13.2 Å². The van der Waals surface area contributed by atoms with Crippen LogP contribution in [0.4, 0.5) is 24.8 Å². The van der Waals surface area contributed by atoms with Crippen LogP contribution in [0.5, 0.6) is 0 Å². The summed E-state index contributed by atoms with van der Waals surface area (Å²) < 4.78 is 67.3. The first-order valence-corrected chi connectivity index (χ1v) is 16.4. The zero-order chi connectivity index (χ0) is 30.9. The van der Waals surface area contributed by atoms with Gasteiger partial charge in [0.05, 0.1) is 16.3 Å².